The molecule has 23 heavy (non-hydrogen) atoms. The molecule has 1 unspecified atom stereocenters. The summed E-state index contributed by atoms with van der Waals surface area (Å²) >= 11 is 2.03. The van der Waals surface area contributed by atoms with Crippen LogP contribution in [0.2, 0.25) is 0 Å². The summed E-state index contributed by atoms with van der Waals surface area (Å²) in [6.45, 7) is 10.5. The number of methoxy groups -OCH3 is 1. The van der Waals surface area contributed by atoms with E-state index in [9.17, 15) is 4.79 Å². The van der Waals surface area contributed by atoms with Crippen molar-refractivity contribution in [3.05, 3.63) is 0 Å². The Bertz CT molecular complexity index is 369. The molecule has 0 aromatic rings. The van der Waals surface area contributed by atoms with Crippen LogP contribution in [0.15, 0.2) is 4.99 Å². The molecule has 1 amide bonds. The van der Waals surface area contributed by atoms with Crippen molar-refractivity contribution in [2.45, 2.75) is 26.0 Å². The van der Waals surface area contributed by atoms with Crippen LogP contribution in [0.4, 0.5) is 0 Å². The van der Waals surface area contributed by atoms with Crippen LogP contribution in [-0.4, -0.2) is 74.2 Å². The van der Waals surface area contributed by atoms with E-state index in [1.54, 1.807) is 7.11 Å². The number of carbonyl (C=O) groups excluding carboxylic acids is 1. The molecular weight excluding hydrogens is 427 g/mol. The number of ether oxygens (including phenoxy) is 1. The second-order valence-corrected chi connectivity index (χ2v) is 6.96. The van der Waals surface area contributed by atoms with E-state index < -0.39 is 0 Å². The van der Waals surface area contributed by atoms with Gasteiger partial charge in [-0.2, -0.15) is 11.8 Å². The Morgan fingerprint density at radius 3 is 2.78 bits per heavy atom. The number of halogens is 1. The maximum Gasteiger partial charge on any atom is 0.241 e. The minimum Gasteiger partial charge on any atom is -0.383 e. The van der Waals surface area contributed by atoms with Gasteiger partial charge >= 0.3 is 0 Å². The molecule has 8 heteroatoms. The third kappa shape index (κ3) is 8.99. The molecule has 1 heterocycles. The third-order valence-corrected chi connectivity index (χ3v) is 5.01. The number of thioether (sulfide) groups is 1. The Hall–Kier alpha value is -0.220. The molecule has 1 rings (SSSR count). The molecule has 0 aromatic heterocycles. The lowest BCUT2D eigenvalue weighted by molar-refractivity contribution is -0.119. The smallest absolute Gasteiger partial charge is 0.241 e. The highest BCUT2D eigenvalue weighted by Crippen LogP contribution is 2.24. The highest BCUT2D eigenvalue weighted by molar-refractivity contribution is 14.0. The van der Waals surface area contributed by atoms with Gasteiger partial charge in [0.1, 0.15) is 6.54 Å². The molecule has 1 aliphatic rings. The van der Waals surface area contributed by atoms with Crippen molar-refractivity contribution in [1.82, 2.24) is 15.5 Å². The number of guanidine groups is 1. The maximum atomic E-state index is 11.8. The van der Waals surface area contributed by atoms with Crippen molar-refractivity contribution in [3.63, 3.8) is 0 Å². The van der Waals surface area contributed by atoms with Crippen molar-refractivity contribution < 1.29 is 9.53 Å². The van der Waals surface area contributed by atoms with Crippen LogP contribution in [0, 0.1) is 5.92 Å². The summed E-state index contributed by atoms with van der Waals surface area (Å²) < 4.78 is 4.91. The standard InChI is InChI=1S/C15H30N4O2S.HI/c1-5-16-15(18-10-14(20)17-6-8-21-4)19-7-9-22-13(11-19)12(2)3;/h12-13H,5-11H2,1-4H3,(H,16,18)(H,17,20);1H. The zero-order chi connectivity index (χ0) is 16.4. The van der Waals surface area contributed by atoms with Gasteiger partial charge in [0.15, 0.2) is 5.96 Å². The number of carbonyl (C=O) groups is 1. The SMILES string of the molecule is CCNC(=NCC(=O)NCCOC)N1CCSC(C(C)C)C1.I. The number of aliphatic imine (C=N–C) groups is 1. The zero-order valence-corrected chi connectivity index (χ0v) is 17.8. The van der Waals surface area contributed by atoms with Crippen LogP contribution in [0.3, 0.4) is 0 Å². The molecule has 0 bridgehead atoms. The Morgan fingerprint density at radius 1 is 1.43 bits per heavy atom. The molecule has 0 saturated carbocycles. The van der Waals surface area contributed by atoms with Crippen molar-refractivity contribution in [2.24, 2.45) is 10.9 Å². The van der Waals surface area contributed by atoms with Crippen LogP contribution in [-0.2, 0) is 9.53 Å². The van der Waals surface area contributed by atoms with Crippen LogP contribution in [0.5, 0.6) is 0 Å². The minimum absolute atomic E-state index is 0. The minimum atomic E-state index is -0.0701. The molecule has 0 radical (unpaired) electrons. The van der Waals surface area contributed by atoms with Crippen molar-refractivity contribution >= 4 is 47.6 Å². The van der Waals surface area contributed by atoms with Gasteiger partial charge in [-0.05, 0) is 12.8 Å². The molecule has 136 valence electrons. The largest absolute Gasteiger partial charge is 0.383 e. The van der Waals surface area contributed by atoms with Gasteiger partial charge in [0, 0.05) is 44.3 Å². The summed E-state index contributed by atoms with van der Waals surface area (Å²) in [5, 5.41) is 6.70. The summed E-state index contributed by atoms with van der Waals surface area (Å²) in [4.78, 5) is 18.5. The summed E-state index contributed by atoms with van der Waals surface area (Å²) in [6.07, 6.45) is 0. The highest BCUT2D eigenvalue weighted by atomic mass is 127. The Morgan fingerprint density at radius 2 is 2.17 bits per heavy atom. The first-order valence-electron chi connectivity index (χ1n) is 7.99. The summed E-state index contributed by atoms with van der Waals surface area (Å²) in [5.41, 5.74) is 0. The number of rotatable bonds is 7. The predicted molar refractivity (Wildman–Crippen MR) is 109 cm³/mol. The highest BCUT2D eigenvalue weighted by Gasteiger charge is 2.24. The number of hydrogen-bond acceptors (Lipinski definition) is 4. The lowest BCUT2D eigenvalue weighted by atomic mass is 10.1. The van der Waals surface area contributed by atoms with Gasteiger partial charge in [-0.1, -0.05) is 13.8 Å². The molecule has 1 fully saturated rings. The van der Waals surface area contributed by atoms with Gasteiger partial charge in [0.2, 0.25) is 5.91 Å². The molecule has 1 saturated heterocycles. The first-order chi connectivity index (χ1) is 10.6. The predicted octanol–water partition coefficient (Wildman–Crippen LogP) is 1.41. The van der Waals surface area contributed by atoms with E-state index in [0.717, 1.165) is 31.3 Å². The van der Waals surface area contributed by atoms with Gasteiger partial charge in [0.05, 0.1) is 6.61 Å². The first-order valence-corrected chi connectivity index (χ1v) is 9.03. The van der Waals surface area contributed by atoms with E-state index in [1.165, 1.54) is 0 Å². The second kappa shape index (κ2) is 13.1. The molecular formula is C15H31IN4O2S. The first kappa shape index (κ1) is 22.8. The Balaban J connectivity index is 0.00000484. The Kier molecular flexibility index (Phi) is 13.0. The molecule has 1 atom stereocenters. The fourth-order valence-corrected chi connectivity index (χ4v) is 3.49. The van der Waals surface area contributed by atoms with Crippen molar-refractivity contribution in [3.8, 4) is 0 Å². The zero-order valence-electron chi connectivity index (χ0n) is 14.6. The van der Waals surface area contributed by atoms with Gasteiger partial charge in [0.25, 0.3) is 0 Å². The monoisotopic (exact) mass is 458 g/mol. The lowest BCUT2D eigenvalue weighted by Gasteiger charge is -2.36. The topological polar surface area (TPSA) is 66.0 Å². The normalized spacial score (nSPS) is 18.6. The number of amides is 1. The Labute approximate surface area is 161 Å². The number of hydrogen-bond donors (Lipinski definition) is 2. The molecule has 6 nitrogen and oxygen atoms in total. The van der Waals surface area contributed by atoms with E-state index >= 15 is 0 Å². The summed E-state index contributed by atoms with van der Waals surface area (Å²) in [5.74, 6) is 2.52. The summed E-state index contributed by atoms with van der Waals surface area (Å²) in [6, 6.07) is 0. The van der Waals surface area contributed by atoms with Crippen LogP contribution >= 0.6 is 35.7 Å². The lowest BCUT2D eigenvalue weighted by Crippen LogP contribution is -2.49. The van der Waals surface area contributed by atoms with Crippen molar-refractivity contribution in [1.29, 1.82) is 0 Å². The van der Waals surface area contributed by atoms with E-state index in [0.29, 0.717) is 24.3 Å². The average molecular weight is 458 g/mol. The van der Waals surface area contributed by atoms with Crippen LogP contribution in [0.25, 0.3) is 0 Å². The second-order valence-electron chi connectivity index (χ2n) is 5.61. The van der Waals surface area contributed by atoms with Gasteiger partial charge < -0.3 is 20.3 Å². The van der Waals surface area contributed by atoms with E-state index in [1.807, 2.05) is 18.7 Å². The van der Waals surface area contributed by atoms with E-state index in [-0.39, 0.29) is 36.4 Å². The third-order valence-electron chi connectivity index (χ3n) is 3.47. The molecule has 0 aliphatic carbocycles. The fourth-order valence-electron chi connectivity index (χ4n) is 2.19. The van der Waals surface area contributed by atoms with E-state index in [4.69, 9.17) is 4.74 Å². The molecule has 0 spiro atoms. The number of nitrogens with one attached hydrogen (secondary N) is 2. The number of nitrogens with zero attached hydrogens (tertiary/aromatic N) is 2. The van der Waals surface area contributed by atoms with E-state index in [2.05, 4.69) is 34.4 Å². The van der Waals surface area contributed by atoms with Gasteiger partial charge in [-0.15, -0.1) is 24.0 Å². The molecule has 0 aromatic carbocycles. The molecule has 2 N–H and O–H groups in total. The average Bonchev–Trinajstić information content (AvgIpc) is 2.51. The molecule has 1 aliphatic heterocycles. The van der Waals surface area contributed by atoms with Gasteiger partial charge in [-0.25, -0.2) is 4.99 Å². The maximum absolute atomic E-state index is 11.8. The van der Waals surface area contributed by atoms with Crippen LogP contribution < -0.4 is 10.6 Å². The van der Waals surface area contributed by atoms with Gasteiger partial charge in [-0.3, -0.25) is 4.79 Å². The van der Waals surface area contributed by atoms with Crippen LogP contribution in [0.1, 0.15) is 20.8 Å². The fraction of sp³-hybridized carbons (Fsp3) is 0.867. The summed E-state index contributed by atoms with van der Waals surface area (Å²) in [7, 11) is 1.62. The quantitative estimate of drug-likeness (QED) is 0.262. The van der Waals surface area contributed by atoms with Crippen molar-refractivity contribution in [2.75, 3.05) is 52.2 Å².